The van der Waals surface area contributed by atoms with Crippen molar-refractivity contribution in [1.29, 1.82) is 0 Å². The van der Waals surface area contributed by atoms with E-state index < -0.39 is 4.92 Å². The number of hydrogen-bond acceptors (Lipinski definition) is 3. The van der Waals surface area contributed by atoms with Crippen molar-refractivity contribution in [3.63, 3.8) is 0 Å². The van der Waals surface area contributed by atoms with E-state index in [9.17, 15) is 10.1 Å². The molecule has 0 unspecified atom stereocenters. The number of aryl methyl sites for hydroxylation is 1. The molecule has 0 heterocycles. The van der Waals surface area contributed by atoms with Crippen LogP contribution in [0.5, 0.6) is 5.75 Å². The van der Waals surface area contributed by atoms with Gasteiger partial charge in [-0.25, -0.2) is 0 Å². The Labute approximate surface area is 89.0 Å². The minimum atomic E-state index is -0.408. The molecule has 4 nitrogen and oxygen atoms in total. The second kappa shape index (κ2) is 4.77. The third-order valence-corrected chi connectivity index (χ3v) is 1.83. The highest BCUT2D eigenvalue weighted by Crippen LogP contribution is 2.22. The molecule has 1 aromatic rings. The van der Waals surface area contributed by atoms with Crippen LogP contribution in [-0.2, 0) is 0 Å². The van der Waals surface area contributed by atoms with Crippen LogP contribution in [0, 0.1) is 23.0 Å². The lowest BCUT2D eigenvalue weighted by molar-refractivity contribution is -0.385. The molecule has 0 fully saturated rings. The second-order valence-electron chi connectivity index (χ2n) is 3.97. The number of ether oxygens (including phenoxy) is 1. The minimum absolute atomic E-state index is 0.0776. The van der Waals surface area contributed by atoms with E-state index in [1.807, 2.05) is 20.8 Å². The van der Waals surface area contributed by atoms with E-state index in [1.54, 1.807) is 6.07 Å². The van der Waals surface area contributed by atoms with E-state index >= 15 is 0 Å². The average Bonchev–Trinajstić information content (AvgIpc) is 2.13. The van der Waals surface area contributed by atoms with E-state index in [1.165, 1.54) is 12.1 Å². The number of rotatable bonds is 4. The molecule has 1 aromatic carbocycles. The van der Waals surface area contributed by atoms with Crippen molar-refractivity contribution in [3.05, 3.63) is 33.9 Å². The quantitative estimate of drug-likeness (QED) is 0.566. The van der Waals surface area contributed by atoms with Crippen molar-refractivity contribution in [3.8, 4) is 5.75 Å². The lowest BCUT2D eigenvalue weighted by Crippen LogP contribution is -2.04. The first-order valence-electron chi connectivity index (χ1n) is 4.88. The number of non-ortho nitro benzene ring substituents is 1. The summed E-state index contributed by atoms with van der Waals surface area (Å²) in [6.45, 7) is 6.45. The molecule has 0 aliphatic heterocycles. The molecule has 0 aliphatic carbocycles. The van der Waals surface area contributed by atoms with Gasteiger partial charge in [0.1, 0.15) is 5.75 Å². The van der Waals surface area contributed by atoms with Gasteiger partial charge in [0.25, 0.3) is 5.69 Å². The molecule has 0 aliphatic rings. The van der Waals surface area contributed by atoms with Crippen molar-refractivity contribution in [2.24, 2.45) is 5.92 Å². The Morgan fingerprint density at radius 3 is 2.60 bits per heavy atom. The van der Waals surface area contributed by atoms with Gasteiger partial charge >= 0.3 is 0 Å². The van der Waals surface area contributed by atoms with Gasteiger partial charge < -0.3 is 4.74 Å². The van der Waals surface area contributed by atoms with Gasteiger partial charge in [0, 0.05) is 6.07 Å². The Kier molecular flexibility index (Phi) is 3.66. The molecule has 0 aromatic heterocycles. The highest BCUT2D eigenvalue weighted by atomic mass is 16.6. The first-order valence-corrected chi connectivity index (χ1v) is 4.88. The van der Waals surface area contributed by atoms with Crippen molar-refractivity contribution >= 4 is 5.69 Å². The molecule has 82 valence electrons. The van der Waals surface area contributed by atoms with Crippen LogP contribution in [0.3, 0.4) is 0 Å². The maximum Gasteiger partial charge on any atom is 0.273 e. The molecule has 0 bridgehead atoms. The van der Waals surface area contributed by atoms with Crippen LogP contribution in [0.4, 0.5) is 5.69 Å². The standard InChI is InChI=1S/C11H15NO3/c1-8(2)7-15-11-5-9(3)4-10(6-11)12(13)14/h4-6,8H,7H2,1-3H3. The van der Waals surface area contributed by atoms with Gasteiger partial charge in [-0.3, -0.25) is 10.1 Å². The second-order valence-corrected chi connectivity index (χ2v) is 3.97. The predicted octanol–water partition coefficient (Wildman–Crippen LogP) is 2.94. The number of hydrogen-bond donors (Lipinski definition) is 0. The molecule has 15 heavy (non-hydrogen) atoms. The highest BCUT2D eigenvalue weighted by Gasteiger charge is 2.08. The number of benzene rings is 1. The van der Waals surface area contributed by atoms with Crippen molar-refractivity contribution in [1.82, 2.24) is 0 Å². The zero-order valence-corrected chi connectivity index (χ0v) is 9.19. The molecule has 0 spiro atoms. The van der Waals surface area contributed by atoms with E-state index in [2.05, 4.69) is 0 Å². The number of nitro groups is 1. The van der Waals surface area contributed by atoms with Gasteiger partial charge in [-0.05, 0) is 24.5 Å². The third-order valence-electron chi connectivity index (χ3n) is 1.83. The normalized spacial score (nSPS) is 10.4. The summed E-state index contributed by atoms with van der Waals surface area (Å²) in [5, 5.41) is 10.6. The summed E-state index contributed by atoms with van der Waals surface area (Å²) < 4.78 is 5.43. The van der Waals surface area contributed by atoms with Crippen LogP contribution in [0.1, 0.15) is 19.4 Å². The molecule has 0 amide bonds. The van der Waals surface area contributed by atoms with E-state index in [0.717, 1.165) is 5.56 Å². The van der Waals surface area contributed by atoms with Crippen molar-refractivity contribution < 1.29 is 9.66 Å². The monoisotopic (exact) mass is 209 g/mol. The molecule has 1 rings (SSSR count). The molecule has 0 saturated heterocycles. The fourth-order valence-corrected chi connectivity index (χ4v) is 1.18. The van der Waals surface area contributed by atoms with Gasteiger partial charge in [-0.15, -0.1) is 0 Å². The Hall–Kier alpha value is -1.58. The van der Waals surface area contributed by atoms with Crippen molar-refractivity contribution in [2.75, 3.05) is 6.61 Å². The smallest absolute Gasteiger partial charge is 0.273 e. The van der Waals surface area contributed by atoms with Crippen molar-refractivity contribution in [2.45, 2.75) is 20.8 Å². The summed E-state index contributed by atoms with van der Waals surface area (Å²) in [5.41, 5.74) is 0.914. The predicted molar refractivity (Wildman–Crippen MR) is 58.2 cm³/mol. The number of nitro benzene ring substituents is 1. The zero-order valence-electron chi connectivity index (χ0n) is 9.19. The topological polar surface area (TPSA) is 52.4 Å². The first-order chi connectivity index (χ1) is 6.99. The molecular formula is C11H15NO3. The third kappa shape index (κ3) is 3.58. The van der Waals surface area contributed by atoms with Gasteiger partial charge in [-0.1, -0.05) is 13.8 Å². The summed E-state index contributed by atoms with van der Waals surface area (Å²) in [6, 6.07) is 4.78. The Morgan fingerprint density at radius 2 is 2.07 bits per heavy atom. The minimum Gasteiger partial charge on any atom is -0.493 e. The maximum atomic E-state index is 10.6. The lowest BCUT2D eigenvalue weighted by Gasteiger charge is -2.08. The zero-order chi connectivity index (χ0) is 11.4. The Morgan fingerprint density at radius 1 is 1.40 bits per heavy atom. The SMILES string of the molecule is Cc1cc(OCC(C)C)cc([N+](=O)[O-])c1. The summed E-state index contributed by atoms with van der Waals surface area (Å²) in [4.78, 5) is 10.2. The maximum absolute atomic E-state index is 10.6. The molecule has 0 atom stereocenters. The van der Waals surface area contributed by atoms with E-state index in [-0.39, 0.29) is 5.69 Å². The van der Waals surface area contributed by atoms with Crippen LogP contribution in [0.15, 0.2) is 18.2 Å². The molecule has 0 N–H and O–H groups in total. The molecule has 0 radical (unpaired) electrons. The summed E-state index contributed by atoms with van der Waals surface area (Å²) >= 11 is 0. The van der Waals surface area contributed by atoms with Crippen LogP contribution in [0.2, 0.25) is 0 Å². The Bertz CT molecular complexity index is 361. The molecule has 0 saturated carbocycles. The van der Waals surface area contributed by atoms with E-state index in [0.29, 0.717) is 18.3 Å². The van der Waals surface area contributed by atoms with Gasteiger partial charge in [0.05, 0.1) is 17.6 Å². The van der Waals surface area contributed by atoms with Gasteiger partial charge in [0.2, 0.25) is 0 Å². The highest BCUT2D eigenvalue weighted by molar-refractivity contribution is 5.42. The van der Waals surface area contributed by atoms with Gasteiger partial charge in [0.15, 0.2) is 0 Å². The number of nitrogens with zero attached hydrogens (tertiary/aromatic N) is 1. The van der Waals surface area contributed by atoms with Crippen LogP contribution in [0.25, 0.3) is 0 Å². The first kappa shape index (κ1) is 11.5. The van der Waals surface area contributed by atoms with E-state index in [4.69, 9.17) is 4.74 Å². The lowest BCUT2D eigenvalue weighted by atomic mass is 10.2. The molecular weight excluding hydrogens is 194 g/mol. The average molecular weight is 209 g/mol. The van der Waals surface area contributed by atoms with Gasteiger partial charge in [-0.2, -0.15) is 0 Å². The molecule has 4 heteroatoms. The largest absolute Gasteiger partial charge is 0.493 e. The fourth-order valence-electron chi connectivity index (χ4n) is 1.18. The summed E-state index contributed by atoms with van der Waals surface area (Å²) in [7, 11) is 0. The Balaban J connectivity index is 2.84. The summed E-state index contributed by atoms with van der Waals surface area (Å²) in [6.07, 6.45) is 0. The van der Waals surface area contributed by atoms with Crippen LogP contribution >= 0.6 is 0 Å². The van der Waals surface area contributed by atoms with Crippen LogP contribution < -0.4 is 4.74 Å². The summed E-state index contributed by atoms with van der Waals surface area (Å²) in [5.74, 6) is 0.972. The fraction of sp³-hybridized carbons (Fsp3) is 0.455. The van der Waals surface area contributed by atoms with Crippen LogP contribution in [-0.4, -0.2) is 11.5 Å².